The Labute approximate surface area is 139 Å². The summed E-state index contributed by atoms with van der Waals surface area (Å²) >= 11 is 1.57. The highest BCUT2D eigenvalue weighted by Crippen LogP contribution is 2.13. The molecule has 1 aromatic carbocycles. The summed E-state index contributed by atoms with van der Waals surface area (Å²) in [6.07, 6.45) is 4.18. The number of benzene rings is 1. The molecule has 0 bridgehead atoms. The van der Waals surface area contributed by atoms with Crippen molar-refractivity contribution in [2.75, 3.05) is 20.3 Å². The predicted molar refractivity (Wildman–Crippen MR) is 90.5 cm³/mol. The molecule has 120 valence electrons. The Kier molecular flexibility index (Phi) is 5.05. The van der Waals surface area contributed by atoms with Crippen LogP contribution in [0.25, 0.3) is 4.96 Å². The van der Waals surface area contributed by atoms with Gasteiger partial charge in [-0.1, -0.05) is 30.3 Å². The maximum absolute atomic E-state index is 12.6. The first-order valence-electron chi connectivity index (χ1n) is 7.48. The molecule has 2 aromatic heterocycles. The standard InChI is InChI=1S/C17H19N3O2S/c1-22-9-7-19(12-14-5-3-2-4-6-14)16(21)11-15-13-20-8-10-23-17(20)18-15/h2-6,8,10,13H,7,9,11-12H2,1H3. The Balaban J connectivity index is 1.69. The van der Waals surface area contributed by atoms with E-state index in [-0.39, 0.29) is 5.91 Å². The number of fused-ring (bicyclic) bond motifs is 1. The number of nitrogens with zero attached hydrogens (tertiary/aromatic N) is 3. The van der Waals surface area contributed by atoms with Crippen molar-refractivity contribution in [2.24, 2.45) is 0 Å². The number of hydrogen-bond acceptors (Lipinski definition) is 4. The van der Waals surface area contributed by atoms with Crippen molar-refractivity contribution >= 4 is 22.2 Å². The van der Waals surface area contributed by atoms with Gasteiger partial charge in [0.1, 0.15) is 0 Å². The van der Waals surface area contributed by atoms with E-state index in [2.05, 4.69) is 4.98 Å². The predicted octanol–water partition coefficient (Wildman–Crippen LogP) is 2.61. The fourth-order valence-electron chi connectivity index (χ4n) is 2.43. The number of imidazole rings is 1. The van der Waals surface area contributed by atoms with Crippen LogP contribution in [-0.4, -0.2) is 40.5 Å². The van der Waals surface area contributed by atoms with Gasteiger partial charge in [0.15, 0.2) is 4.96 Å². The number of amides is 1. The molecule has 2 heterocycles. The number of hydrogen-bond donors (Lipinski definition) is 0. The lowest BCUT2D eigenvalue weighted by molar-refractivity contribution is -0.131. The van der Waals surface area contributed by atoms with E-state index in [1.165, 1.54) is 0 Å². The number of thiazole rings is 1. The monoisotopic (exact) mass is 329 g/mol. The summed E-state index contributed by atoms with van der Waals surface area (Å²) in [5.74, 6) is 0.0663. The van der Waals surface area contributed by atoms with Gasteiger partial charge < -0.3 is 9.64 Å². The van der Waals surface area contributed by atoms with Crippen molar-refractivity contribution in [2.45, 2.75) is 13.0 Å². The van der Waals surface area contributed by atoms with Crippen molar-refractivity contribution < 1.29 is 9.53 Å². The third kappa shape index (κ3) is 3.97. The van der Waals surface area contributed by atoms with Gasteiger partial charge in [0, 0.05) is 38.0 Å². The molecule has 3 aromatic rings. The van der Waals surface area contributed by atoms with Crippen LogP contribution < -0.4 is 0 Å². The zero-order chi connectivity index (χ0) is 16.1. The van der Waals surface area contributed by atoms with Gasteiger partial charge in [-0.2, -0.15) is 0 Å². The van der Waals surface area contributed by atoms with Gasteiger partial charge in [0.2, 0.25) is 5.91 Å². The summed E-state index contributed by atoms with van der Waals surface area (Å²) in [6, 6.07) is 10.00. The molecule has 0 unspecified atom stereocenters. The molecule has 0 spiro atoms. The minimum Gasteiger partial charge on any atom is -0.383 e. The molecule has 0 saturated carbocycles. The Morgan fingerprint density at radius 1 is 1.35 bits per heavy atom. The van der Waals surface area contributed by atoms with Gasteiger partial charge in [-0.3, -0.25) is 9.20 Å². The first kappa shape index (κ1) is 15.7. The fraction of sp³-hybridized carbons (Fsp3) is 0.294. The van der Waals surface area contributed by atoms with Crippen LogP contribution in [0.2, 0.25) is 0 Å². The highest BCUT2D eigenvalue weighted by atomic mass is 32.1. The molecule has 0 aliphatic heterocycles. The van der Waals surface area contributed by atoms with Gasteiger partial charge in [-0.25, -0.2) is 4.98 Å². The van der Waals surface area contributed by atoms with E-state index in [1.807, 2.05) is 57.4 Å². The smallest absolute Gasteiger partial charge is 0.229 e. The topological polar surface area (TPSA) is 46.8 Å². The zero-order valence-corrected chi connectivity index (χ0v) is 13.8. The summed E-state index contributed by atoms with van der Waals surface area (Å²) in [6.45, 7) is 1.69. The first-order chi connectivity index (χ1) is 11.3. The molecule has 23 heavy (non-hydrogen) atoms. The molecular formula is C17H19N3O2S. The number of rotatable bonds is 7. The summed E-state index contributed by atoms with van der Waals surface area (Å²) in [7, 11) is 1.65. The normalized spacial score (nSPS) is 11.0. The molecule has 3 rings (SSSR count). The lowest BCUT2D eigenvalue weighted by atomic mass is 10.2. The fourth-order valence-corrected chi connectivity index (χ4v) is 3.14. The minimum absolute atomic E-state index is 0.0663. The van der Waals surface area contributed by atoms with Crippen LogP contribution in [-0.2, 0) is 22.5 Å². The van der Waals surface area contributed by atoms with E-state index in [4.69, 9.17) is 4.74 Å². The number of aromatic nitrogens is 2. The quantitative estimate of drug-likeness (QED) is 0.669. The molecule has 1 amide bonds. The second-order valence-corrected chi connectivity index (χ2v) is 6.17. The zero-order valence-electron chi connectivity index (χ0n) is 13.0. The van der Waals surface area contributed by atoms with Crippen molar-refractivity contribution in [3.8, 4) is 0 Å². The number of carbonyl (C=O) groups is 1. The van der Waals surface area contributed by atoms with Crippen LogP contribution >= 0.6 is 11.3 Å². The van der Waals surface area contributed by atoms with E-state index in [0.29, 0.717) is 26.1 Å². The second-order valence-electron chi connectivity index (χ2n) is 5.30. The van der Waals surface area contributed by atoms with Crippen molar-refractivity contribution in [1.29, 1.82) is 0 Å². The van der Waals surface area contributed by atoms with Crippen molar-refractivity contribution in [3.05, 3.63) is 59.4 Å². The Morgan fingerprint density at radius 2 is 2.17 bits per heavy atom. The van der Waals surface area contributed by atoms with Gasteiger partial charge in [-0.15, -0.1) is 11.3 Å². The SMILES string of the molecule is COCCN(Cc1ccccc1)C(=O)Cc1cn2ccsc2n1. The van der Waals surface area contributed by atoms with E-state index in [1.54, 1.807) is 18.4 Å². The number of carbonyl (C=O) groups excluding carboxylic acids is 1. The molecule has 0 N–H and O–H groups in total. The van der Waals surface area contributed by atoms with Crippen LogP contribution in [0.1, 0.15) is 11.3 Å². The van der Waals surface area contributed by atoms with Gasteiger partial charge in [0.05, 0.1) is 18.7 Å². The van der Waals surface area contributed by atoms with Crippen LogP contribution in [0.4, 0.5) is 0 Å². The number of ether oxygens (including phenoxy) is 1. The van der Waals surface area contributed by atoms with Crippen LogP contribution in [0.3, 0.4) is 0 Å². The highest BCUT2D eigenvalue weighted by Gasteiger charge is 2.16. The first-order valence-corrected chi connectivity index (χ1v) is 8.36. The summed E-state index contributed by atoms with van der Waals surface area (Å²) in [5.41, 5.74) is 1.92. The van der Waals surface area contributed by atoms with Crippen LogP contribution in [0.15, 0.2) is 48.1 Å². The summed E-state index contributed by atoms with van der Waals surface area (Å²) in [4.78, 5) is 19.9. The maximum atomic E-state index is 12.6. The second kappa shape index (κ2) is 7.39. The average Bonchev–Trinajstić information content (AvgIpc) is 3.13. The molecule has 6 heteroatoms. The third-order valence-corrected chi connectivity index (χ3v) is 4.38. The van der Waals surface area contributed by atoms with Crippen molar-refractivity contribution in [1.82, 2.24) is 14.3 Å². The average molecular weight is 329 g/mol. The van der Waals surface area contributed by atoms with E-state index >= 15 is 0 Å². The van der Waals surface area contributed by atoms with Gasteiger partial charge >= 0.3 is 0 Å². The van der Waals surface area contributed by atoms with E-state index in [9.17, 15) is 4.79 Å². The molecule has 0 fully saturated rings. The highest BCUT2D eigenvalue weighted by molar-refractivity contribution is 7.15. The van der Waals surface area contributed by atoms with Gasteiger partial charge in [0.25, 0.3) is 0 Å². The lowest BCUT2D eigenvalue weighted by Crippen LogP contribution is -2.34. The third-order valence-electron chi connectivity index (χ3n) is 3.61. The van der Waals surface area contributed by atoms with Crippen molar-refractivity contribution in [3.63, 3.8) is 0 Å². The Morgan fingerprint density at radius 3 is 2.91 bits per heavy atom. The summed E-state index contributed by atoms with van der Waals surface area (Å²) in [5, 5.41) is 1.98. The largest absolute Gasteiger partial charge is 0.383 e. The molecule has 0 saturated heterocycles. The van der Waals surface area contributed by atoms with E-state index in [0.717, 1.165) is 16.2 Å². The van der Waals surface area contributed by atoms with Crippen LogP contribution in [0, 0.1) is 0 Å². The molecular weight excluding hydrogens is 310 g/mol. The maximum Gasteiger partial charge on any atom is 0.229 e. The lowest BCUT2D eigenvalue weighted by Gasteiger charge is -2.22. The Hall–Kier alpha value is -2.18. The van der Waals surface area contributed by atoms with Gasteiger partial charge in [-0.05, 0) is 5.56 Å². The Bertz CT molecular complexity index is 738. The summed E-state index contributed by atoms with van der Waals surface area (Å²) < 4.78 is 7.08. The molecule has 5 nitrogen and oxygen atoms in total. The molecule has 0 atom stereocenters. The number of methoxy groups -OCH3 is 1. The minimum atomic E-state index is 0.0663. The van der Waals surface area contributed by atoms with E-state index < -0.39 is 0 Å². The molecule has 0 radical (unpaired) electrons. The molecule has 0 aliphatic carbocycles. The van der Waals surface area contributed by atoms with Crippen LogP contribution in [0.5, 0.6) is 0 Å². The molecule has 0 aliphatic rings.